The van der Waals surface area contributed by atoms with E-state index < -0.39 is 23.9 Å². The number of rotatable bonds is 20. The van der Waals surface area contributed by atoms with Crippen LogP contribution in [0.4, 0.5) is 0 Å². The first-order valence-corrected chi connectivity index (χ1v) is 18.8. The van der Waals surface area contributed by atoms with Crippen LogP contribution in [0, 0.1) is 0 Å². The van der Waals surface area contributed by atoms with Crippen LogP contribution in [0.25, 0.3) is 10.8 Å². The van der Waals surface area contributed by atoms with Crippen molar-refractivity contribution in [3.8, 4) is 11.5 Å². The van der Waals surface area contributed by atoms with Crippen LogP contribution in [0.15, 0.2) is 84.9 Å². The fourth-order valence-electron chi connectivity index (χ4n) is 5.84. The molecule has 4 rings (SSSR count). The van der Waals surface area contributed by atoms with Gasteiger partial charge in [0.15, 0.2) is 0 Å². The van der Waals surface area contributed by atoms with Gasteiger partial charge in [0.25, 0.3) is 0 Å². The summed E-state index contributed by atoms with van der Waals surface area (Å²) < 4.78 is 22.3. The quantitative estimate of drug-likeness (QED) is 0.0507. The molecule has 0 N–H and O–H groups in total. The standard InChI is InChI=1S/C44H52O8/c1-5-7-9-11-13-15-31(3)49-41(45)33-21-25-39(26-22-33)51-43(47)37-19-17-36-30-38(20-18-35(36)29-37)44(48)52-40-27-23-34(24-28-40)42(46)50-32(4)16-14-12-10-8-6-2/h17-32H,5-16H2,1-4H3/t31-,32-/m1/s1. The van der Waals surface area contributed by atoms with Gasteiger partial charge in [-0.2, -0.15) is 0 Å². The van der Waals surface area contributed by atoms with Crippen LogP contribution >= 0.6 is 0 Å². The Morgan fingerprint density at radius 3 is 1.15 bits per heavy atom. The molecule has 0 aromatic heterocycles. The van der Waals surface area contributed by atoms with Crippen molar-refractivity contribution < 1.29 is 38.1 Å². The van der Waals surface area contributed by atoms with E-state index in [1.54, 1.807) is 84.9 Å². The summed E-state index contributed by atoms with van der Waals surface area (Å²) in [7, 11) is 0. The highest BCUT2D eigenvalue weighted by Crippen LogP contribution is 2.23. The van der Waals surface area contributed by atoms with Crippen LogP contribution in [0.1, 0.15) is 146 Å². The normalized spacial score (nSPS) is 12.2. The van der Waals surface area contributed by atoms with E-state index in [9.17, 15) is 19.2 Å². The molecule has 0 aliphatic heterocycles. The molecule has 0 saturated carbocycles. The van der Waals surface area contributed by atoms with E-state index in [2.05, 4.69) is 13.8 Å². The first-order valence-electron chi connectivity index (χ1n) is 18.8. The second-order valence-electron chi connectivity index (χ2n) is 13.4. The van der Waals surface area contributed by atoms with Crippen molar-refractivity contribution in [1.29, 1.82) is 0 Å². The monoisotopic (exact) mass is 708 g/mol. The lowest BCUT2D eigenvalue weighted by Crippen LogP contribution is -2.15. The second kappa shape index (κ2) is 20.8. The molecule has 8 nitrogen and oxygen atoms in total. The van der Waals surface area contributed by atoms with Crippen molar-refractivity contribution in [3.05, 3.63) is 107 Å². The van der Waals surface area contributed by atoms with Gasteiger partial charge in [-0.3, -0.25) is 0 Å². The summed E-state index contributed by atoms with van der Waals surface area (Å²) >= 11 is 0. The molecule has 4 aromatic carbocycles. The molecule has 0 radical (unpaired) electrons. The Morgan fingerprint density at radius 1 is 0.442 bits per heavy atom. The summed E-state index contributed by atoms with van der Waals surface area (Å²) in [6, 6.07) is 22.7. The van der Waals surface area contributed by atoms with Crippen molar-refractivity contribution in [1.82, 2.24) is 0 Å². The summed E-state index contributed by atoms with van der Waals surface area (Å²) in [6.07, 6.45) is 12.9. The number of unbranched alkanes of at least 4 members (excludes halogenated alkanes) is 8. The average molecular weight is 709 g/mol. The molecular weight excluding hydrogens is 656 g/mol. The zero-order chi connectivity index (χ0) is 37.3. The third-order valence-electron chi connectivity index (χ3n) is 8.96. The van der Waals surface area contributed by atoms with Gasteiger partial charge in [-0.05, 0) is 123 Å². The maximum Gasteiger partial charge on any atom is 0.343 e. The lowest BCUT2D eigenvalue weighted by molar-refractivity contribution is 0.0309. The molecule has 0 spiro atoms. The summed E-state index contributed by atoms with van der Waals surface area (Å²) in [5, 5.41) is 1.48. The molecule has 0 aliphatic carbocycles. The van der Waals surface area contributed by atoms with E-state index in [-0.39, 0.29) is 12.2 Å². The van der Waals surface area contributed by atoms with E-state index in [0.29, 0.717) is 33.8 Å². The molecule has 0 unspecified atom stereocenters. The van der Waals surface area contributed by atoms with Crippen LogP contribution in [0.5, 0.6) is 11.5 Å². The summed E-state index contributed by atoms with van der Waals surface area (Å²) in [6.45, 7) is 8.18. The van der Waals surface area contributed by atoms with Crippen LogP contribution in [0.2, 0.25) is 0 Å². The predicted molar refractivity (Wildman–Crippen MR) is 203 cm³/mol. The highest BCUT2D eigenvalue weighted by molar-refractivity contribution is 6.00. The number of esters is 4. The zero-order valence-electron chi connectivity index (χ0n) is 31.0. The Morgan fingerprint density at radius 2 is 0.788 bits per heavy atom. The van der Waals surface area contributed by atoms with Crippen LogP contribution in [-0.2, 0) is 9.47 Å². The molecule has 0 aliphatic rings. The van der Waals surface area contributed by atoms with Crippen molar-refractivity contribution in [2.75, 3.05) is 0 Å². The van der Waals surface area contributed by atoms with Crippen molar-refractivity contribution >= 4 is 34.6 Å². The van der Waals surface area contributed by atoms with Gasteiger partial charge in [0.1, 0.15) is 11.5 Å². The summed E-state index contributed by atoms with van der Waals surface area (Å²) in [5.41, 5.74) is 1.45. The molecule has 0 fully saturated rings. The second-order valence-corrected chi connectivity index (χ2v) is 13.4. The highest BCUT2D eigenvalue weighted by atomic mass is 16.6. The van der Waals surface area contributed by atoms with Gasteiger partial charge in [0, 0.05) is 0 Å². The number of fused-ring (bicyclic) bond motifs is 1. The minimum Gasteiger partial charge on any atom is -0.459 e. The number of benzene rings is 4. The Hall–Kier alpha value is -4.98. The number of hydrogen-bond donors (Lipinski definition) is 0. The van der Waals surface area contributed by atoms with Crippen molar-refractivity contribution in [3.63, 3.8) is 0 Å². The van der Waals surface area contributed by atoms with Crippen molar-refractivity contribution in [2.24, 2.45) is 0 Å². The summed E-state index contributed by atoms with van der Waals surface area (Å²) in [4.78, 5) is 51.0. The number of ether oxygens (including phenoxy) is 4. The zero-order valence-corrected chi connectivity index (χ0v) is 31.0. The first kappa shape index (κ1) is 39.8. The van der Waals surface area contributed by atoms with Gasteiger partial charge in [-0.25, -0.2) is 19.2 Å². The largest absolute Gasteiger partial charge is 0.459 e. The molecule has 2 atom stereocenters. The lowest BCUT2D eigenvalue weighted by atomic mass is 10.0. The van der Waals surface area contributed by atoms with E-state index in [0.717, 1.165) is 49.3 Å². The molecule has 8 heteroatoms. The van der Waals surface area contributed by atoms with Gasteiger partial charge < -0.3 is 18.9 Å². The van der Waals surface area contributed by atoms with E-state index in [4.69, 9.17) is 18.9 Å². The van der Waals surface area contributed by atoms with Crippen LogP contribution < -0.4 is 9.47 Å². The van der Waals surface area contributed by atoms with Gasteiger partial charge in [-0.15, -0.1) is 0 Å². The van der Waals surface area contributed by atoms with E-state index in [1.807, 2.05) is 13.8 Å². The third-order valence-corrected chi connectivity index (χ3v) is 8.96. The minimum absolute atomic E-state index is 0.166. The molecule has 0 heterocycles. The smallest absolute Gasteiger partial charge is 0.343 e. The maximum atomic E-state index is 12.9. The van der Waals surface area contributed by atoms with Crippen LogP contribution in [-0.4, -0.2) is 36.1 Å². The molecule has 0 saturated heterocycles. The number of hydrogen-bond acceptors (Lipinski definition) is 8. The minimum atomic E-state index is -0.554. The van der Waals surface area contributed by atoms with Crippen LogP contribution in [0.3, 0.4) is 0 Å². The average Bonchev–Trinajstić information content (AvgIpc) is 3.14. The van der Waals surface area contributed by atoms with Gasteiger partial charge in [-0.1, -0.05) is 77.3 Å². The molecule has 52 heavy (non-hydrogen) atoms. The Bertz CT molecular complexity index is 1630. The molecule has 0 bridgehead atoms. The topological polar surface area (TPSA) is 105 Å². The molecule has 276 valence electrons. The third kappa shape index (κ3) is 12.7. The molecule has 4 aromatic rings. The van der Waals surface area contributed by atoms with Gasteiger partial charge in [0.2, 0.25) is 0 Å². The number of carbonyl (C=O) groups is 4. The fraction of sp³-hybridized carbons (Fsp3) is 0.409. The van der Waals surface area contributed by atoms with Gasteiger partial charge >= 0.3 is 23.9 Å². The van der Waals surface area contributed by atoms with E-state index >= 15 is 0 Å². The number of carbonyl (C=O) groups excluding carboxylic acids is 4. The molecular formula is C44H52O8. The predicted octanol–water partition coefficient (Wildman–Crippen LogP) is 11.1. The summed E-state index contributed by atoms with van der Waals surface area (Å²) in [5.74, 6) is -1.31. The Labute approximate surface area is 307 Å². The SMILES string of the molecule is CCCCCCC[C@@H](C)OC(=O)c1ccc(OC(=O)c2ccc3cc(C(=O)Oc4ccc(C(=O)O[C@H](C)CCCCCCC)cc4)ccc3c2)cc1. The van der Waals surface area contributed by atoms with Gasteiger partial charge in [0.05, 0.1) is 34.5 Å². The Balaban J connectivity index is 1.26. The Kier molecular flexibility index (Phi) is 15.9. The fourth-order valence-corrected chi connectivity index (χ4v) is 5.84. The molecule has 0 amide bonds. The first-order chi connectivity index (χ1) is 25.2. The highest BCUT2D eigenvalue weighted by Gasteiger charge is 2.16. The van der Waals surface area contributed by atoms with Crippen molar-refractivity contribution in [2.45, 2.75) is 117 Å². The maximum absolute atomic E-state index is 12.9. The lowest BCUT2D eigenvalue weighted by Gasteiger charge is -2.13. The van der Waals surface area contributed by atoms with E-state index in [1.165, 1.54) is 38.5 Å².